The molecular formula is C28H46O3. The van der Waals surface area contributed by atoms with Crippen LogP contribution in [0.4, 0.5) is 0 Å². The van der Waals surface area contributed by atoms with Gasteiger partial charge in [0.2, 0.25) is 0 Å². The third-order valence-corrected chi connectivity index (χ3v) is 10.8. The van der Waals surface area contributed by atoms with Gasteiger partial charge in [0.05, 0.1) is 11.7 Å². The van der Waals surface area contributed by atoms with Gasteiger partial charge in [-0.2, -0.15) is 0 Å². The number of aliphatic hydroxyl groups excluding tert-OH is 2. The molecule has 176 valence electrons. The maximum atomic E-state index is 11.6. The number of hydrogen-bond acceptors (Lipinski definition) is 3. The second-order valence-corrected chi connectivity index (χ2v) is 12.4. The van der Waals surface area contributed by atoms with Gasteiger partial charge in [-0.25, -0.2) is 0 Å². The first-order chi connectivity index (χ1) is 14.5. The van der Waals surface area contributed by atoms with Crippen molar-refractivity contribution in [3.8, 4) is 0 Å². The first-order valence-corrected chi connectivity index (χ1v) is 12.9. The van der Waals surface area contributed by atoms with E-state index in [9.17, 15) is 15.3 Å². The highest BCUT2D eigenvalue weighted by atomic mass is 16.3. The summed E-state index contributed by atoms with van der Waals surface area (Å²) in [5.41, 5.74) is 2.41. The first kappa shape index (κ1) is 23.5. The van der Waals surface area contributed by atoms with Crippen LogP contribution in [0.2, 0.25) is 0 Å². The van der Waals surface area contributed by atoms with Crippen molar-refractivity contribution < 1.29 is 15.3 Å². The van der Waals surface area contributed by atoms with Crippen molar-refractivity contribution in [3.63, 3.8) is 0 Å². The third-order valence-electron chi connectivity index (χ3n) is 10.8. The number of hydrogen-bond donors (Lipinski definition) is 3. The molecular weight excluding hydrogens is 384 g/mol. The molecule has 0 aliphatic heterocycles. The van der Waals surface area contributed by atoms with Crippen LogP contribution in [-0.4, -0.2) is 33.6 Å². The second-order valence-electron chi connectivity index (χ2n) is 12.4. The molecule has 0 aromatic rings. The van der Waals surface area contributed by atoms with Gasteiger partial charge in [0.15, 0.2) is 0 Å². The molecule has 0 aromatic heterocycles. The van der Waals surface area contributed by atoms with Crippen molar-refractivity contribution in [2.24, 2.45) is 40.4 Å². The van der Waals surface area contributed by atoms with Crippen LogP contribution in [0.15, 0.2) is 23.8 Å². The molecule has 0 radical (unpaired) electrons. The minimum absolute atomic E-state index is 0.108. The second kappa shape index (κ2) is 8.29. The van der Waals surface area contributed by atoms with Crippen LogP contribution in [0.1, 0.15) is 91.9 Å². The average Bonchev–Trinajstić information content (AvgIpc) is 3.10. The van der Waals surface area contributed by atoms with Gasteiger partial charge in [0, 0.05) is 6.61 Å². The van der Waals surface area contributed by atoms with E-state index < -0.39 is 5.60 Å². The Hall–Kier alpha value is -0.640. The minimum Gasteiger partial charge on any atom is -0.396 e. The SMILES string of the molecule is C=C(CC[C@](C)(O)[C@H]1CC[C@H]2[C@@H]3CC=C4C[C@@H](O)CC[C@]4(C)[C@H]3CC[C@@]21C)C(C)CO. The van der Waals surface area contributed by atoms with E-state index >= 15 is 0 Å². The molecule has 4 aliphatic rings. The Labute approximate surface area is 190 Å². The maximum absolute atomic E-state index is 11.6. The van der Waals surface area contributed by atoms with E-state index in [4.69, 9.17) is 0 Å². The fraction of sp³-hybridized carbons (Fsp3) is 0.857. The maximum Gasteiger partial charge on any atom is 0.0656 e. The van der Waals surface area contributed by atoms with Crippen LogP contribution in [0.25, 0.3) is 0 Å². The number of allylic oxidation sites excluding steroid dienone is 1. The van der Waals surface area contributed by atoms with Crippen LogP contribution < -0.4 is 0 Å². The zero-order valence-electron chi connectivity index (χ0n) is 20.4. The lowest BCUT2D eigenvalue weighted by atomic mass is 9.46. The molecule has 0 bridgehead atoms. The summed E-state index contributed by atoms with van der Waals surface area (Å²) < 4.78 is 0. The molecule has 9 atom stereocenters. The van der Waals surface area contributed by atoms with Crippen molar-refractivity contribution in [2.45, 2.75) is 104 Å². The van der Waals surface area contributed by atoms with Crippen LogP contribution in [0, 0.1) is 40.4 Å². The van der Waals surface area contributed by atoms with Crippen LogP contribution >= 0.6 is 0 Å². The molecule has 3 saturated carbocycles. The van der Waals surface area contributed by atoms with Gasteiger partial charge >= 0.3 is 0 Å². The summed E-state index contributed by atoms with van der Waals surface area (Å²) in [6.07, 6.45) is 12.9. The zero-order valence-corrected chi connectivity index (χ0v) is 20.4. The summed E-state index contributed by atoms with van der Waals surface area (Å²) in [5, 5.41) is 31.3. The summed E-state index contributed by atoms with van der Waals surface area (Å²) in [6, 6.07) is 0. The van der Waals surface area contributed by atoms with E-state index in [1.165, 1.54) is 31.3 Å². The average molecular weight is 431 g/mol. The smallest absolute Gasteiger partial charge is 0.0656 e. The van der Waals surface area contributed by atoms with Gasteiger partial charge < -0.3 is 15.3 Å². The lowest BCUT2D eigenvalue weighted by molar-refractivity contribution is -0.104. The Morgan fingerprint density at radius 2 is 1.94 bits per heavy atom. The molecule has 0 amide bonds. The van der Waals surface area contributed by atoms with Crippen molar-refractivity contribution in [3.05, 3.63) is 23.8 Å². The molecule has 4 rings (SSSR count). The minimum atomic E-state index is -0.678. The predicted octanol–water partition coefficient (Wildman–Crippen LogP) is 5.64. The highest BCUT2D eigenvalue weighted by Crippen LogP contribution is 2.67. The molecule has 0 aromatic carbocycles. The summed E-state index contributed by atoms with van der Waals surface area (Å²) in [4.78, 5) is 0. The zero-order chi connectivity index (χ0) is 22.6. The van der Waals surface area contributed by atoms with E-state index in [0.29, 0.717) is 11.8 Å². The molecule has 3 nitrogen and oxygen atoms in total. The van der Waals surface area contributed by atoms with E-state index in [2.05, 4.69) is 33.4 Å². The summed E-state index contributed by atoms with van der Waals surface area (Å²) >= 11 is 0. The van der Waals surface area contributed by atoms with E-state index in [1.54, 1.807) is 0 Å². The Kier molecular flexibility index (Phi) is 6.29. The topological polar surface area (TPSA) is 60.7 Å². The largest absolute Gasteiger partial charge is 0.396 e. The van der Waals surface area contributed by atoms with Gasteiger partial charge in [-0.15, -0.1) is 0 Å². The Morgan fingerprint density at radius 1 is 1.19 bits per heavy atom. The summed E-state index contributed by atoms with van der Waals surface area (Å²) in [6.45, 7) is 13.4. The van der Waals surface area contributed by atoms with Crippen molar-refractivity contribution in [1.29, 1.82) is 0 Å². The predicted molar refractivity (Wildman–Crippen MR) is 126 cm³/mol. The molecule has 0 spiro atoms. The van der Waals surface area contributed by atoms with E-state index in [-0.39, 0.29) is 29.5 Å². The summed E-state index contributed by atoms with van der Waals surface area (Å²) in [5.74, 6) is 2.62. The standard InChI is InChI=1S/C28H46O3/c1-18(19(2)17-29)10-15-28(5,31)25-9-8-23-22-7-6-20-16-21(30)11-13-26(20,3)24(22)12-14-27(23,25)4/h6,19,21-25,29-31H,1,7-17H2,2-5H3/t19?,21-,22-,23-,24-,25-,26-,27-,28-/m0/s1. The van der Waals surface area contributed by atoms with Gasteiger partial charge in [-0.3, -0.25) is 0 Å². The molecule has 0 saturated heterocycles. The molecule has 0 heterocycles. The number of aliphatic hydroxyl groups is 3. The van der Waals surface area contributed by atoms with Crippen LogP contribution in [-0.2, 0) is 0 Å². The fourth-order valence-corrected chi connectivity index (χ4v) is 8.63. The number of fused-ring (bicyclic) bond motifs is 5. The van der Waals surface area contributed by atoms with E-state index in [0.717, 1.165) is 55.9 Å². The van der Waals surface area contributed by atoms with Crippen LogP contribution in [0.5, 0.6) is 0 Å². The number of rotatable bonds is 6. The van der Waals surface area contributed by atoms with Crippen molar-refractivity contribution in [2.75, 3.05) is 6.61 Å². The highest BCUT2D eigenvalue weighted by molar-refractivity contribution is 5.25. The molecule has 3 N–H and O–H groups in total. The van der Waals surface area contributed by atoms with Gasteiger partial charge in [-0.05, 0) is 112 Å². The first-order valence-electron chi connectivity index (χ1n) is 12.9. The molecule has 3 heteroatoms. The summed E-state index contributed by atoms with van der Waals surface area (Å²) in [7, 11) is 0. The highest BCUT2D eigenvalue weighted by Gasteiger charge is 2.61. The quantitative estimate of drug-likeness (QED) is 0.478. The van der Waals surface area contributed by atoms with Crippen LogP contribution in [0.3, 0.4) is 0 Å². The van der Waals surface area contributed by atoms with Crippen molar-refractivity contribution in [1.82, 2.24) is 0 Å². The van der Waals surface area contributed by atoms with Gasteiger partial charge in [-0.1, -0.05) is 44.6 Å². The van der Waals surface area contributed by atoms with Gasteiger partial charge in [0.25, 0.3) is 0 Å². The Bertz CT molecular complexity index is 724. The Balaban J connectivity index is 1.51. The van der Waals surface area contributed by atoms with Crippen molar-refractivity contribution >= 4 is 0 Å². The Morgan fingerprint density at radius 3 is 2.65 bits per heavy atom. The van der Waals surface area contributed by atoms with Gasteiger partial charge in [0.1, 0.15) is 0 Å². The van der Waals surface area contributed by atoms with E-state index in [1.807, 2.05) is 6.92 Å². The lowest BCUT2D eigenvalue weighted by Gasteiger charge is -2.59. The monoisotopic (exact) mass is 430 g/mol. The molecule has 4 aliphatic carbocycles. The molecule has 31 heavy (non-hydrogen) atoms. The normalized spacial score (nSPS) is 45.0. The fourth-order valence-electron chi connectivity index (χ4n) is 8.63. The molecule has 3 fully saturated rings. The lowest BCUT2D eigenvalue weighted by Crippen LogP contribution is -2.53. The third kappa shape index (κ3) is 3.87. The molecule has 1 unspecified atom stereocenters.